The van der Waals surface area contributed by atoms with Crippen molar-refractivity contribution in [2.75, 3.05) is 6.61 Å². The number of nitrogens with zero attached hydrogens (tertiary/aromatic N) is 1. The summed E-state index contributed by atoms with van der Waals surface area (Å²) in [6, 6.07) is 11.5. The number of carbonyl (C=O) groups is 1. The van der Waals surface area contributed by atoms with E-state index >= 15 is 0 Å². The molecule has 4 nitrogen and oxygen atoms in total. The molecule has 26 heavy (non-hydrogen) atoms. The largest absolute Gasteiger partial charge is 0.487 e. The van der Waals surface area contributed by atoms with Gasteiger partial charge in [0.25, 0.3) is 0 Å². The van der Waals surface area contributed by atoms with E-state index < -0.39 is 5.97 Å². The topological polar surface area (TPSA) is 47.9 Å². The molecule has 0 unspecified atom stereocenters. The van der Waals surface area contributed by atoms with Gasteiger partial charge in [0.05, 0.1) is 7.14 Å². The smallest absolute Gasteiger partial charge is 0.363 e. The Kier molecular flexibility index (Phi) is 6.72. The molecular weight excluding hydrogens is 671 g/mol. The molecule has 0 saturated heterocycles. The summed E-state index contributed by atoms with van der Waals surface area (Å²) in [5, 5.41) is 0. The van der Waals surface area contributed by atoms with E-state index in [2.05, 4.69) is 79.3 Å². The highest BCUT2D eigenvalue weighted by atomic mass is 127. The van der Waals surface area contributed by atoms with Gasteiger partial charge in [-0.25, -0.2) is 9.79 Å². The standard InChI is InChI=1S/C19H12I3NO3/c1-2-7-25-17-14(21)8-11(9-15(17)22)10-16-19(24)26-18(23-16)12-3-5-13(20)6-4-12/h2-6,8-10H,1,7H2/b16-10-. The maximum Gasteiger partial charge on any atom is 0.363 e. The molecule has 7 heteroatoms. The van der Waals surface area contributed by atoms with Gasteiger partial charge in [0, 0.05) is 9.13 Å². The van der Waals surface area contributed by atoms with Crippen LogP contribution in [-0.2, 0) is 9.53 Å². The van der Waals surface area contributed by atoms with Crippen molar-refractivity contribution in [3.05, 3.63) is 76.6 Å². The van der Waals surface area contributed by atoms with E-state index in [4.69, 9.17) is 9.47 Å². The lowest BCUT2D eigenvalue weighted by molar-refractivity contribution is -0.129. The van der Waals surface area contributed by atoms with Crippen molar-refractivity contribution < 1.29 is 14.3 Å². The molecule has 1 heterocycles. The van der Waals surface area contributed by atoms with Crippen molar-refractivity contribution >= 4 is 85.7 Å². The Balaban J connectivity index is 1.90. The first kappa shape index (κ1) is 19.8. The summed E-state index contributed by atoms with van der Waals surface area (Å²) in [4.78, 5) is 16.5. The number of aliphatic imine (C=N–C) groups is 1. The minimum atomic E-state index is -0.449. The van der Waals surface area contributed by atoms with Crippen LogP contribution in [0.2, 0.25) is 0 Å². The van der Waals surface area contributed by atoms with Gasteiger partial charge < -0.3 is 9.47 Å². The normalized spacial score (nSPS) is 15.0. The molecular formula is C19H12I3NO3. The summed E-state index contributed by atoms with van der Waals surface area (Å²) in [7, 11) is 0. The summed E-state index contributed by atoms with van der Waals surface area (Å²) in [5.74, 6) is 0.689. The number of hydrogen-bond acceptors (Lipinski definition) is 4. The highest BCUT2D eigenvalue weighted by Crippen LogP contribution is 2.30. The van der Waals surface area contributed by atoms with Gasteiger partial charge in [0.15, 0.2) is 5.70 Å². The monoisotopic (exact) mass is 683 g/mol. The minimum absolute atomic E-state index is 0.282. The number of cyclic esters (lactones) is 1. The number of esters is 1. The van der Waals surface area contributed by atoms with Gasteiger partial charge in [-0.15, -0.1) is 0 Å². The van der Waals surface area contributed by atoms with Crippen molar-refractivity contribution in [2.45, 2.75) is 0 Å². The maximum atomic E-state index is 12.2. The second-order valence-corrected chi connectivity index (χ2v) is 8.83. The Bertz CT molecular complexity index is 911. The highest BCUT2D eigenvalue weighted by molar-refractivity contribution is 14.1. The predicted molar refractivity (Wildman–Crippen MR) is 127 cm³/mol. The van der Waals surface area contributed by atoms with Crippen LogP contribution in [0.4, 0.5) is 0 Å². The average Bonchev–Trinajstić information content (AvgIpc) is 2.95. The number of carbonyl (C=O) groups excluding carboxylic acids is 1. The molecule has 0 atom stereocenters. The molecule has 0 spiro atoms. The first-order chi connectivity index (χ1) is 12.5. The lowest BCUT2D eigenvalue weighted by Crippen LogP contribution is -2.05. The molecule has 132 valence electrons. The molecule has 3 rings (SSSR count). The Hall–Kier alpha value is -0.950. The zero-order valence-corrected chi connectivity index (χ0v) is 19.8. The summed E-state index contributed by atoms with van der Waals surface area (Å²) in [6.07, 6.45) is 3.43. The summed E-state index contributed by atoms with van der Waals surface area (Å²) in [6.45, 7) is 4.11. The van der Waals surface area contributed by atoms with Crippen LogP contribution >= 0.6 is 67.8 Å². The maximum absolute atomic E-state index is 12.2. The van der Waals surface area contributed by atoms with E-state index in [1.807, 2.05) is 36.4 Å². The number of benzene rings is 2. The number of rotatable bonds is 5. The van der Waals surface area contributed by atoms with E-state index in [0.29, 0.717) is 12.5 Å². The van der Waals surface area contributed by atoms with Gasteiger partial charge in [0.2, 0.25) is 5.90 Å². The molecule has 0 aromatic heterocycles. The van der Waals surface area contributed by atoms with Crippen molar-refractivity contribution in [1.29, 1.82) is 0 Å². The molecule has 0 aliphatic carbocycles. The van der Waals surface area contributed by atoms with E-state index in [1.165, 1.54) is 0 Å². The van der Waals surface area contributed by atoms with Crippen molar-refractivity contribution in [2.24, 2.45) is 4.99 Å². The lowest BCUT2D eigenvalue weighted by Gasteiger charge is -2.09. The van der Waals surface area contributed by atoms with E-state index in [9.17, 15) is 4.79 Å². The zero-order valence-electron chi connectivity index (χ0n) is 13.3. The lowest BCUT2D eigenvalue weighted by atomic mass is 10.2. The van der Waals surface area contributed by atoms with E-state index in [1.54, 1.807) is 12.2 Å². The molecule has 0 amide bonds. The van der Waals surface area contributed by atoms with Gasteiger partial charge in [-0.3, -0.25) is 0 Å². The number of ether oxygens (including phenoxy) is 2. The molecule has 0 bridgehead atoms. The van der Waals surface area contributed by atoms with Crippen LogP contribution in [0.3, 0.4) is 0 Å². The fourth-order valence-electron chi connectivity index (χ4n) is 2.23. The third-order valence-electron chi connectivity index (χ3n) is 3.38. The SMILES string of the molecule is C=CCOc1c(I)cc(/C=C2\N=C(c3ccc(I)cc3)OC2=O)cc1I. The predicted octanol–water partition coefficient (Wildman–Crippen LogP) is 5.41. The van der Waals surface area contributed by atoms with Crippen LogP contribution in [0.5, 0.6) is 5.75 Å². The van der Waals surface area contributed by atoms with Gasteiger partial charge in [0.1, 0.15) is 12.4 Å². The summed E-state index contributed by atoms with van der Waals surface area (Å²) < 4.78 is 14.0. The molecule has 0 N–H and O–H groups in total. The van der Waals surface area contributed by atoms with Gasteiger partial charge >= 0.3 is 5.97 Å². The van der Waals surface area contributed by atoms with Gasteiger partial charge in [-0.2, -0.15) is 0 Å². The Labute approximate surface area is 192 Å². The first-order valence-electron chi connectivity index (χ1n) is 7.49. The van der Waals surface area contributed by atoms with Crippen LogP contribution in [-0.4, -0.2) is 18.5 Å². The van der Waals surface area contributed by atoms with Crippen molar-refractivity contribution in [1.82, 2.24) is 0 Å². The van der Waals surface area contributed by atoms with Crippen LogP contribution in [0.25, 0.3) is 6.08 Å². The average molecular weight is 683 g/mol. The number of halogens is 3. The molecule has 0 fully saturated rings. The molecule has 0 saturated carbocycles. The fraction of sp³-hybridized carbons (Fsp3) is 0.0526. The second kappa shape index (κ2) is 8.83. The fourth-order valence-corrected chi connectivity index (χ4v) is 4.71. The third kappa shape index (κ3) is 4.66. The number of hydrogen-bond donors (Lipinski definition) is 0. The Morgan fingerprint density at radius 3 is 2.38 bits per heavy atom. The van der Waals surface area contributed by atoms with E-state index in [-0.39, 0.29) is 5.70 Å². The summed E-state index contributed by atoms with van der Waals surface area (Å²) in [5.41, 5.74) is 1.92. The second-order valence-electron chi connectivity index (χ2n) is 5.26. The van der Waals surface area contributed by atoms with Crippen LogP contribution in [0, 0.1) is 10.7 Å². The quantitative estimate of drug-likeness (QED) is 0.184. The molecule has 2 aromatic rings. The van der Waals surface area contributed by atoms with E-state index in [0.717, 1.165) is 27.6 Å². The molecule has 1 aliphatic rings. The van der Waals surface area contributed by atoms with Crippen LogP contribution in [0.15, 0.2) is 59.7 Å². The molecule has 0 radical (unpaired) electrons. The van der Waals surface area contributed by atoms with Gasteiger partial charge in [-0.05, 0) is 116 Å². The molecule has 2 aromatic carbocycles. The van der Waals surface area contributed by atoms with Gasteiger partial charge in [-0.1, -0.05) is 12.7 Å². The summed E-state index contributed by atoms with van der Waals surface area (Å²) >= 11 is 6.65. The zero-order chi connectivity index (χ0) is 18.7. The first-order valence-corrected chi connectivity index (χ1v) is 10.7. The minimum Gasteiger partial charge on any atom is -0.487 e. The Morgan fingerprint density at radius 1 is 1.12 bits per heavy atom. The molecule has 1 aliphatic heterocycles. The van der Waals surface area contributed by atoms with Crippen molar-refractivity contribution in [3.8, 4) is 5.75 Å². The highest BCUT2D eigenvalue weighted by Gasteiger charge is 2.24. The van der Waals surface area contributed by atoms with Crippen LogP contribution < -0.4 is 4.74 Å². The Morgan fingerprint density at radius 2 is 1.77 bits per heavy atom. The van der Waals surface area contributed by atoms with Crippen LogP contribution in [0.1, 0.15) is 11.1 Å². The third-order valence-corrected chi connectivity index (χ3v) is 5.70. The van der Waals surface area contributed by atoms with Crippen molar-refractivity contribution in [3.63, 3.8) is 0 Å².